The summed E-state index contributed by atoms with van der Waals surface area (Å²) in [5, 5.41) is 12.3. The summed E-state index contributed by atoms with van der Waals surface area (Å²) in [6, 6.07) is 1.99. The molecule has 2 unspecified atom stereocenters. The summed E-state index contributed by atoms with van der Waals surface area (Å²) in [6.45, 7) is 2.25. The summed E-state index contributed by atoms with van der Waals surface area (Å²) < 4.78 is 6.10. The van der Waals surface area contributed by atoms with Gasteiger partial charge in [0.25, 0.3) is 0 Å². The highest BCUT2D eigenvalue weighted by molar-refractivity contribution is 8.01. The predicted octanol–water partition coefficient (Wildman–Crippen LogP) is 2.99. The highest BCUT2D eigenvalue weighted by Gasteiger charge is 2.27. The van der Waals surface area contributed by atoms with E-state index in [1.54, 1.807) is 23.1 Å². The molecule has 0 fully saturated rings. The van der Waals surface area contributed by atoms with Crippen LogP contribution in [0.3, 0.4) is 0 Å². The lowest BCUT2D eigenvalue weighted by Gasteiger charge is -2.25. The first-order valence-corrected chi connectivity index (χ1v) is 7.54. The number of hydrogen-bond donors (Lipinski definition) is 1. The largest absolute Gasteiger partial charge is 0.466 e. The molecule has 0 spiro atoms. The van der Waals surface area contributed by atoms with Gasteiger partial charge in [-0.05, 0) is 31.2 Å². The highest BCUT2D eigenvalue weighted by Crippen LogP contribution is 2.45. The van der Waals surface area contributed by atoms with Crippen LogP contribution < -0.4 is 0 Å². The van der Waals surface area contributed by atoms with Crippen LogP contribution >= 0.6 is 23.1 Å². The monoisotopic (exact) mass is 272 g/mol. The van der Waals surface area contributed by atoms with E-state index in [4.69, 9.17) is 4.74 Å². The van der Waals surface area contributed by atoms with E-state index < -0.39 is 0 Å². The molecule has 1 aromatic heterocycles. The number of carbonyl (C=O) groups is 1. The first-order chi connectivity index (χ1) is 8.20. The van der Waals surface area contributed by atoms with Crippen molar-refractivity contribution in [2.75, 3.05) is 6.61 Å². The molecule has 0 saturated heterocycles. The molecule has 1 aliphatic heterocycles. The van der Waals surface area contributed by atoms with Crippen molar-refractivity contribution in [1.29, 1.82) is 0 Å². The van der Waals surface area contributed by atoms with Crippen LogP contribution in [0.1, 0.15) is 37.9 Å². The minimum absolute atomic E-state index is 0.139. The third-order valence-electron chi connectivity index (χ3n) is 2.75. The quantitative estimate of drug-likeness (QED) is 0.856. The Morgan fingerprint density at radius 3 is 3.24 bits per heavy atom. The third kappa shape index (κ3) is 3.24. The van der Waals surface area contributed by atoms with Crippen LogP contribution in [0.15, 0.2) is 15.7 Å². The standard InChI is InChI=1S/C12H16O3S2/c1-2-15-11(14)4-3-8-7-10(13)9-5-6-16-12(9)17-8/h5-6,8,10,13H,2-4,7H2,1H3. The molecule has 5 heteroatoms. The maximum absolute atomic E-state index is 11.3. The molecule has 1 aromatic rings. The minimum Gasteiger partial charge on any atom is -0.466 e. The Bertz CT molecular complexity index is 389. The molecule has 0 aromatic carbocycles. The van der Waals surface area contributed by atoms with Crippen LogP contribution in [0.25, 0.3) is 0 Å². The third-order valence-corrected chi connectivity index (χ3v) is 5.26. The SMILES string of the molecule is CCOC(=O)CCC1CC(O)c2ccsc2S1. The second-order valence-electron chi connectivity index (χ2n) is 4.00. The first-order valence-electron chi connectivity index (χ1n) is 5.78. The lowest BCUT2D eigenvalue weighted by atomic mass is 10.0. The topological polar surface area (TPSA) is 46.5 Å². The van der Waals surface area contributed by atoms with E-state index in [1.165, 1.54) is 4.21 Å². The number of esters is 1. The molecule has 0 aliphatic carbocycles. The number of rotatable bonds is 4. The molecule has 2 atom stereocenters. The Morgan fingerprint density at radius 1 is 1.65 bits per heavy atom. The first kappa shape index (κ1) is 12.9. The van der Waals surface area contributed by atoms with Gasteiger partial charge in [0.05, 0.1) is 16.9 Å². The van der Waals surface area contributed by atoms with Crippen molar-refractivity contribution in [3.05, 3.63) is 17.0 Å². The van der Waals surface area contributed by atoms with Gasteiger partial charge >= 0.3 is 5.97 Å². The summed E-state index contributed by atoms with van der Waals surface area (Å²) in [4.78, 5) is 11.3. The van der Waals surface area contributed by atoms with Crippen molar-refractivity contribution >= 4 is 29.1 Å². The van der Waals surface area contributed by atoms with Crippen molar-refractivity contribution in [2.24, 2.45) is 0 Å². The number of fused-ring (bicyclic) bond motifs is 1. The average Bonchev–Trinajstić information content (AvgIpc) is 2.75. The summed E-state index contributed by atoms with van der Waals surface area (Å²) in [7, 11) is 0. The number of carbonyl (C=O) groups excluding carboxylic acids is 1. The molecule has 0 radical (unpaired) electrons. The van der Waals surface area contributed by atoms with Gasteiger partial charge in [-0.15, -0.1) is 23.1 Å². The van der Waals surface area contributed by atoms with Gasteiger partial charge in [0.15, 0.2) is 0 Å². The smallest absolute Gasteiger partial charge is 0.305 e. The minimum atomic E-state index is -0.371. The van der Waals surface area contributed by atoms with E-state index >= 15 is 0 Å². The number of hydrogen-bond acceptors (Lipinski definition) is 5. The van der Waals surface area contributed by atoms with E-state index in [-0.39, 0.29) is 12.1 Å². The maximum atomic E-state index is 11.3. The van der Waals surface area contributed by atoms with Gasteiger partial charge in [-0.3, -0.25) is 4.79 Å². The predicted molar refractivity (Wildman–Crippen MR) is 69.4 cm³/mol. The van der Waals surface area contributed by atoms with Gasteiger partial charge in [-0.25, -0.2) is 0 Å². The van der Waals surface area contributed by atoms with Crippen LogP contribution in [-0.2, 0) is 9.53 Å². The molecule has 1 N–H and O–H groups in total. The van der Waals surface area contributed by atoms with Crippen molar-refractivity contribution in [3.63, 3.8) is 0 Å². The van der Waals surface area contributed by atoms with Crippen LogP contribution in [0.2, 0.25) is 0 Å². The fourth-order valence-corrected chi connectivity index (χ4v) is 4.55. The Labute approximate surface area is 109 Å². The van der Waals surface area contributed by atoms with Crippen LogP contribution in [-0.4, -0.2) is 22.9 Å². The molecule has 2 heterocycles. The molecule has 3 nitrogen and oxygen atoms in total. The summed E-state index contributed by atoms with van der Waals surface area (Å²) in [5.74, 6) is -0.139. The van der Waals surface area contributed by atoms with Crippen molar-refractivity contribution in [3.8, 4) is 0 Å². The molecule has 0 saturated carbocycles. The zero-order valence-corrected chi connectivity index (χ0v) is 11.4. The molecular formula is C12H16O3S2. The normalized spacial score (nSPS) is 23.2. The zero-order chi connectivity index (χ0) is 12.3. The van der Waals surface area contributed by atoms with E-state index in [2.05, 4.69) is 0 Å². The van der Waals surface area contributed by atoms with Gasteiger partial charge in [-0.2, -0.15) is 0 Å². The molecule has 0 bridgehead atoms. The van der Waals surface area contributed by atoms with E-state index in [0.717, 1.165) is 18.4 Å². The lowest BCUT2D eigenvalue weighted by Crippen LogP contribution is -2.16. The van der Waals surface area contributed by atoms with Gasteiger partial charge in [0, 0.05) is 17.2 Å². The van der Waals surface area contributed by atoms with Gasteiger partial charge < -0.3 is 9.84 Å². The fourth-order valence-electron chi connectivity index (χ4n) is 1.91. The molecule has 1 aliphatic rings. The van der Waals surface area contributed by atoms with Gasteiger partial charge in [0.1, 0.15) is 0 Å². The summed E-state index contributed by atoms with van der Waals surface area (Å²) >= 11 is 3.44. The van der Waals surface area contributed by atoms with Crippen molar-refractivity contribution in [1.82, 2.24) is 0 Å². The van der Waals surface area contributed by atoms with Gasteiger partial charge in [-0.1, -0.05) is 0 Å². The molecular weight excluding hydrogens is 256 g/mol. The molecule has 17 heavy (non-hydrogen) atoms. The second kappa shape index (κ2) is 5.89. The summed E-state index contributed by atoms with van der Waals surface area (Å²) in [6.07, 6.45) is 1.58. The number of thiophene rings is 1. The lowest BCUT2D eigenvalue weighted by molar-refractivity contribution is -0.143. The van der Waals surface area contributed by atoms with E-state index in [0.29, 0.717) is 18.3 Å². The van der Waals surface area contributed by atoms with Crippen molar-refractivity contribution in [2.45, 2.75) is 41.7 Å². The Morgan fingerprint density at radius 2 is 2.47 bits per heavy atom. The highest BCUT2D eigenvalue weighted by atomic mass is 32.2. The fraction of sp³-hybridized carbons (Fsp3) is 0.583. The Hall–Kier alpha value is -0.520. The van der Waals surface area contributed by atoms with Crippen LogP contribution in [0, 0.1) is 0 Å². The molecule has 94 valence electrons. The molecule has 0 amide bonds. The van der Waals surface area contributed by atoms with Crippen LogP contribution in [0.5, 0.6) is 0 Å². The zero-order valence-electron chi connectivity index (χ0n) is 9.72. The van der Waals surface area contributed by atoms with Crippen LogP contribution in [0.4, 0.5) is 0 Å². The second-order valence-corrected chi connectivity index (χ2v) is 6.48. The molecule has 2 rings (SSSR count). The Balaban J connectivity index is 1.87. The number of thioether (sulfide) groups is 1. The van der Waals surface area contributed by atoms with Gasteiger partial charge in [0.2, 0.25) is 0 Å². The van der Waals surface area contributed by atoms with E-state index in [1.807, 2.05) is 18.4 Å². The number of aliphatic hydroxyl groups excluding tert-OH is 1. The average molecular weight is 272 g/mol. The number of ether oxygens (including phenoxy) is 1. The van der Waals surface area contributed by atoms with E-state index in [9.17, 15) is 9.90 Å². The Kier molecular flexibility index (Phi) is 4.48. The number of aliphatic hydroxyl groups is 1. The maximum Gasteiger partial charge on any atom is 0.305 e. The summed E-state index contributed by atoms with van der Waals surface area (Å²) in [5.41, 5.74) is 1.05. The van der Waals surface area contributed by atoms with Crippen molar-refractivity contribution < 1.29 is 14.6 Å².